The molecule has 5 nitrogen and oxygen atoms in total. The van der Waals surface area contributed by atoms with Crippen molar-refractivity contribution in [2.75, 3.05) is 20.3 Å². The van der Waals surface area contributed by atoms with Gasteiger partial charge in [-0.3, -0.25) is 0 Å². The molecule has 0 amide bonds. The zero-order chi connectivity index (χ0) is 14.6. The molecule has 1 aliphatic rings. The van der Waals surface area contributed by atoms with Gasteiger partial charge in [0, 0.05) is 24.8 Å². The summed E-state index contributed by atoms with van der Waals surface area (Å²) in [6, 6.07) is 3.60. The number of rotatable bonds is 5. The van der Waals surface area contributed by atoms with Crippen molar-refractivity contribution in [2.24, 2.45) is 0 Å². The number of ether oxygens (including phenoxy) is 1. The summed E-state index contributed by atoms with van der Waals surface area (Å²) in [6.45, 7) is 1.33. The molecule has 1 aromatic rings. The van der Waals surface area contributed by atoms with Crippen molar-refractivity contribution in [3.63, 3.8) is 0 Å². The minimum Gasteiger partial charge on any atom is -0.380 e. The molecule has 7 heteroatoms. The van der Waals surface area contributed by atoms with Gasteiger partial charge in [0.25, 0.3) is 0 Å². The summed E-state index contributed by atoms with van der Waals surface area (Å²) in [4.78, 5) is 0.0784. The van der Waals surface area contributed by atoms with Gasteiger partial charge in [0.05, 0.1) is 11.5 Å². The summed E-state index contributed by atoms with van der Waals surface area (Å²) in [5.41, 5.74) is 0.329. The van der Waals surface area contributed by atoms with E-state index < -0.39 is 15.8 Å². The van der Waals surface area contributed by atoms with Gasteiger partial charge in [-0.2, -0.15) is 0 Å². The van der Waals surface area contributed by atoms with Gasteiger partial charge in [-0.25, -0.2) is 17.5 Å². The average molecular weight is 302 g/mol. The minimum atomic E-state index is -3.64. The predicted octanol–water partition coefficient (Wildman–Crippen LogP) is 1.00. The third-order valence-electron chi connectivity index (χ3n) is 3.18. The van der Waals surface area contributed by atoms with Crippen LogP contribution in [-0.4, -0.2) is 34.7 Å². The monoisotopic (exact) mass is 302 g/mol. The van der Waals surface area contributed by atoms with Crippen LogP contribution in [0.5, 0.6) is 0 Å². The van der Waals surface area contributed by atoms with Crippen LogP contribution in [0.4, 0.5) is 4.39 Å². The third kappa shape index (κ3) is 3.76. The Kier molecular flexibility index (Phi) is 5.09. The molecule has 0 radical (unpaired) electrons. The van der Waals surface area contributed by atoms with Crippen molar-refractivity contribution >= 4 is 10.0 Å². The first-order chi connectivity index (χ1) is 9.53. The standard InChI is InChI=1S/C13H19FN2O3S/c1-15-8-10-7-12(4-5-13(10)14)20(17,18)16-11-3-2-6-19-9-11/h4-5,7,11,15-16H,2-3,6,8-9H2,1H3. The highest BCUT2D eigenvalue weighted by Crippen LogP contribution is 2.17. The minimum absolute atomic E-state index is 0.0784. The molecular formula is C13H19FN2O3S. The highest BCUT2D eigenvalue weighted by Gasteiger charge is 2.23. The van der Waals surface area contributed by atoms with Gasteiger partial charge in [-0.1, -0.05) is 0 Å². The lowest BCUT2D eigenvalue weighted by Crippen LogP contribution is -2.40. The van der Waals surface area contributed by atoms with E-state index in [2.05, 4.69) is 10.0 Å². The van der Waals surface area contributed by atoms with Crippen LogP contribution in [0.3, 0.4) is 0 Å². The summed E-state index contributed by atoms with van der Waals surface area (Å²) < 4.78 is 45.9. The molecule has 1 aliphatic heterocycles. The lowest BCUT2D eigenvalue weighted by molar-refractivity contribution is 0.0774. The Balaban J connectivity index is 2.17. The van der Waals surface area contributed by atoms with Crippen LogP contribution in [0.25, 0.3) is 0 Å². The third-order valence-corrected chi connectivity index (χ3v) is 4.69. The first-order valence-electron chi connectivity index (χ1n) is 6.56. The molecule has 0 aromatic heterocycles. The van der Waals surface area contributed by atoms with E-state index in [9.17, 15) is 12.8 Å². The first kappa shape index (κ1) is 15.4. The zero-order valence-corrected chi connectivity index (χ0v) is 12.2. The number of sulfonamides is 1. The number of nitrogens with one attached hydrogen (secondary N) is 2. The topological polar surface area (TPSA) is 67.4 Å². The summed E-state index contributed by atoms with van der Waals surface area (Å²) in [5.74, 6) is -0.417. The summed E-state index contributed by atoms with van der Waals surface area (Å²) in [5, 5.41) is 2.81. The highest BCUT2D eigenvalue weighted by molar-refractivity contribution is 7.89. The van der Waals surface area contributed by atoms with Gasteiger partial charge in [0.15, 0.2) is 0 Å². The van der Waals surface area contributed by atoms with E-state index in [4.69, 9.17) is 4.74 Å². The molecule has 1 fully saturated rings. The molecule has 0 aliphatic carbocycles. The lowest BCUT2D eigenvalue weighted by atomic mass is 10.1. The SMILES string of the molecule is CNCc1cc(S(=O)(=O)NC2CCCOC2)ccc1F. The van der Waals surface area contributed by atoms with E-state index >= 15 is 0 Å². The van der Waals surface area contributed by atoms with Gasteiger partial charge >= 0.3 is 0 Å². The van der Waals surface area contributed by atoms with Crippen LogP contribution in [0.2, 0.25) is 0 Å². The Bertz CT molecular complexity index is 557. The number of hydrogen-bond donors (Lipinski definition) is 2. The van der Waals surface area contributed by atoms with Crippen LogP contribution in [-0.2, 0) is 21.3 Å². The second-order valence-corrected chi connectivity index (χ2v) is 6.53. The quantitative estimate of drug-likeness (QED) is 0.851. The molecule has 1 saturated heterocycles. The van der Waals surface area contributed by atoms with Crippen molar-refractivity contribution in [3.8, 4) is 0 Å². The maximum absolute atomic E-state index is 13.5. The van der Waals surface area contributed by atoms with Gasteiger partial charge in [-0.05, 0) is 38.1 Å². The summed E-state index contributed by atoms with van der Waals surface area (Å²) in [6.07, 6.45) is 1.59. The Morgan fingerprint density at radius 2 is 2.25 bits per heavy atom. The second-order valence-electron chi connectivity index (χ2n) is 4.82. The summed E-state index contributed by atoms with van der Waals surface area (Å²) >= 11 is 0. The smallest absolute Gasteiger partial charge is 0.240 e. The molecular weight excluding hydrogens is 283 g/mol. The molecule has 1 aromatic carbocycles. The Morgan fingerprint density at radius 1 is 1.45 bits per heavy atom. The van der Waals surface area contributed by atoms with Crippen LogP contribution >= 0.6 is 0 Å². The van der Waals surface area contributed by atoms with E-state index in [1.54, 1.807) is 7.05 Å². The molecule has 0 bridgehead atoms. The van der Waals surface area contributed by atoms with Gasteiger partial charge in [0.1, 0.15) is 5.82 Å². The van der Waals surface area contributed by atoms with Gasteiger partial charge in [0.2, 0.25) is 10.0 Å². The van der Waals surface area contributed by atoms with E-state index in [1.807, 2.05) is 0 Å². The Hall–Kier alpha value is -1.02. The van der Waals surface area contributed by atoms with Crippen LogP contribution in [0, 0.1) is 5.82 Å². The van der Waals surface area contributed by atoms with Crippen LogP contribution < -0.4 is 10.0 Å². The maximum Gasteiger partial charge on any atom is 0.240 e. The van der Waals surface area contributed by atoms with E-state index in [1.165, 1.54) is 18.2 Å². The second kappa shape index (κ2) is 6.62. The van der Waals surface area contributed by atoms with Gasteiger partial charge < -0.3 is 10.1 Å². The number of halogens is 1. The molecule has 1 unspecified atom stereocenters. The number of hydrogen-bond acceptors (Lipinski definition) is 4. The molecule has 0 spiro atoms. The first-order valence-corrected chi connectivity index (χ1v) is 8.04. The van der Waals surface area contributed by atoms with Crippen molar-refractivity contribution < 1.29 is 17.5 Å². The Morgan fingerprint density at radius 3 is 2.90 bits per heavy atom. The zero-order valence-electron chi connectivity index (χ0n) is 11.4. The summed E-state index contributed by atoms with van der Waals surface area (Å²) in [7, 11) is -1.96. The van der Waals surface area contributed by atoms with Crippen molar-refractivity contribution in [1.82, 2.24) is 10.0 Å². The van der Waals surface area contributed by atoms with Crippen molar-refractivity contribution in [3.05, 3.63) is 29.6 Å². The van der Waals surface area contributed by atoms with Crippen molar-refractivity contribution in [2.45, 2.75) is 30.3 Å². The Labute approximate surface area is 118 Å². The molecule has 1 atom stereocenters. The fourth-order valence-electron chi connectivity index (χ4n) is 2.17. The molecule has 112 valence electrons. The number of benzene rings is 1. The molecule has 2 N–H and O–H groups in total. The molecule has 0 saturated carbocycles. The van der Waals surface area contributed by atoms with Crippen LogP contribution in [0.15, 0.2) is 23.1 Å². The molecule has 1 heterocycles. The van der Waals surface area contributed by atoms with E-state index in [0.29, 0.717) is 18.8 Å². The van der Waals surface area contributed by atoms with Gasteiger partial charge in [-0.15, -0.1) is 0 Å². The largest absolute Gasteiger partial charge is 0.380 e. The molecule has 20 heavy (non-hydrogen) atoms. The fraction of sp³-hybridized carbons (Fsp3) is 0.538. The van der Waals surface area contributed by atoms with Crippen LogP contribution in [0.1, 0.15) is 18.4 Å². The van der Waals surface area contributed by atoms with E-state index in [0.717, 1.165) is 12.8 Å². The lowest BCUT2D eigenvalue weighted by Gasteiger charge is -2.23. The average Bonchev–Trinajstić information content (AvgIpc) is 2.42. The normalized spacial score (nSPS) is 20.0. The fourth-order valence-corrected chi connectivity index (χ4v) is 3.47. The predicted molar refractivity (Wildman–Crippen MR) is 73.3 cm³/mol. The highest BCUT2D eigenvalue weighted by atomic mass is 32.2. The van der Waals surface area contributed by atoms with Crippen molar-refractivity contribution in [1.29, 1.82) is 0 Å². The van der Waals surface area contributed by atoms with E-state index in [-0.39, 0.29) is 17.5 Å². The molecule has 2 rings (SSSR count). The maximum atomic E-state index is 13.5.